The van der Waals surface area contributed by atoms with Gasteiger partial charge < -0.3 is 16.0 Å². The summed E-state index contributed by atoms with van der Waals surface area (Å²) in [5.41, 5.74) is 12.7. The predicted molar refractivity (Wildman–Crippen MR) is 134 cm³/mol. The highest BCUT2D eigenvalue weighted by atomic mass is 32.1. The number of nitrogens with zero attached hydrogens (tertiary/aromatic N) is 2. The van der Waals surface area contributed by atoms with Gasteiger partial charge in [0, 0.05) is 47.4 Å². The minimum Gasteiger partial charge on any atom is -0.397 e. The van der Waals surface area contributed by atoms with Crippen molar-refractivity contribution in [2.45, 2.75) is 19.9 Å². The lowest BCUT2D eigenvalue weighted by Gasteiger charge is -2.27. The van der Waals surface area contributed by atoms with Crippen molar-refractivity contribution in [3.8, 4) is 11.1 Å². The van der Waals surface area contributed by atoms with Gasteiger partial charge in [-0.3, -0.25) is 9.59 Å². The highest BCUT2D eigenvalue weighted by molar-refractivity contribution is 7.21. The molecule has 33 heavy (non-hydrogen) atoms. The molecule has 6 nitrogen and oxygen atoms in total. The molecule has 0 fully saturated rings. The fourth-order valence-electron chi connectivity index (χ4n) is 4.33. The highest BCUT2D eigenvalue weighted by Crippen LogP contribution is 2.43. The number of ketones is 1. The van der Waals surface area contributed by atoms with E-state index in [0.29, 0.717) is 21.8 Å². The second-order valence-electron chi connectivity index (χ2n) is 8.38. The van der Waals surface area contributed by atoms with E-state index in [0.717, 1.165) is 46.5 Å². The first kappa shape index (κ1) is 21.3. The van der Waals surface area contributed by atoms with Crippen LogP contribution in [0.3, 0.4) is 0 Å². The molecule has 1 amide bonds. The second kappa shape index (κ2) is 8.42. The Balaban J connectivity index is 1.61. The molecule has 0 spiro atoms. The summed E-state index contributed by atoms with van der Waals surface area (Å²) >= 11 is 1.33. The molecule has 0 saturated carbocycles. The number of carbonyl (C=O) groups is 2. The van der Waals surface area contributed by atoms with Gasteiger partial charge in [0.25, 0.3) is 5.91 Å². The summed E-state index contributed by atoms with van der Waals surface area (Å²) in [5.74, 6) is -0.295. The Hall–Kier alpha value is -3.55. The third-order valence-electron chi connectivity index (χ3n) is 6.04. The first-order chi connectivity index (χ1) is 15.9. The van der Waals surface area contributed by atoms with Crippen LogP contribution in [-0.2, 0) is 13.0 Å². The molecule has 0 aliphatic carbocycles. The molecular weight excluding hydrogens is 432 g/mol. The lowest BCUT2D eigenvalue weighted by atomic mass is 9.92. The number of nitrogens with two attached hydrogens (primary N) is 1. The molecule has 2 aromatic carbocycles. The van der Waals surface area contributed by atoms with Gasteiger partial charge in [-0.25, -0.2) is 4.98 Å². The van der Waals surface area contributed by atoms with Crippen LogP contribution in [0.4, 0.5) is 11.4 Å². The number of nitrogen functional groups attached to an aromatic ring is 1. The lowest BCUT2D eigenvalue weighted by molar-refractivity contribution is 0.101. The van der Waals surface area contributed by atoms with Crippen LogP contribution in [0.25, 0.3) is 21.3 Å². The van der Waals surface area contributed by atoms with Crippen molar-refractivity contribution in [3.05, 3.63) is 76.3 Å². The van der Waals surface area contributed by atoms with Crippen molar-refractivity contribution in [1.82, 2.24) is 9.88 Å². The molecular formula is C26H24N4O2S. The van der Waals surface area contributed by atoms with Crippen LogP contribution >= 0.6 is 11.3 Å². The van der Waals surface area contributed by atoms with Crippen molar-refractivity contribution < 1.29 is 9.59 Å². The van der Waals surface area contributed by atoms with E-state index in [-0.39, 0.29) is 11.7 Å². The summed E-state index contributed by atoms with van der Waals surface area (Å²) in [7, 11) is 2.11. The van der Waals surface area contributed by atoms with Crippen LogP contribution in [-0.4, -0.2) is 35.2 Å². The number of hydrogen-bond donors (Lipinski definition) is 2. The zero-order chi connectivity index (χ0) is 23.1. The quantitative estimate of drug-likeness (QED) is 0.423. The number of benzene rings is 2. The van der Waals surface area contributed by atoms with Gasteiger partial charge in [-0.2, -0.15) is 0 Å². The molecule has 166 valence electrons. The first-order valence-electron chi connectivity index (χ1n) is 10.8. The van der Waals surface area contributed by atoms with Gasteiger partial charge in [0.1, 0.15) is 9.71 Å². The molecule has 0 saturated heterocycles. The number of nitrogens with one attached hydrogen (secondary N) is 1. The smallest absolute Gasteiger partial charge is 0.267 e. The number of hydrogen-bond acceptors (Lipinski definition) is 6. The van der Waals surface area contributed by atoms with E-state index in [1.54, 1.807) is 24.3 Å². The summed E-state index contributed by atoms with van der Waals surface area (Å²) < 4.78 is 0. The fourth-order valence-corrected chi connectivity index (χ4v) is 5.35. The van der Waals surface area contributed by atoms with Gasteiger partial charge in [-0.05, 0) is 49.4 Å². The average Bonchev–Trinajstić information content (AvgIpc) is 3.14. The Kier molecular flexibility index (Phi) is 5.44. The zero-order valence-electron chi connectivity index (χ0n) is 18.5. The molecule has 1 aliphatic rings. The Morgan fingerprint density at radius 2 is 1.82 bits per heavy atom. The topological polar surface area (TPSA) is 88.3 Å². The average molecular weight is 457 g/mol. The fraction of sp³-hybridized carbons (Fsp3) is 0.192. The number of Topliss-reactive ketones (excluding diaryl/α,β-unsaturated/α-hetero) is 1. The van der Waals surface area contributed by atoms with Crippen molar-refractivity contribution in [2.24, 2.45) is 0 Å². The van der Waals surface area contributed by atoms with E-state index < -0.39 is 0 Å². The molecule has 4 aromatic rings. The van der Waals surface area contributed by atoms with Gasteiger partial charge in [0.05, 0.1) is 5.69 Å². The number of anilines is 2. The number of likely N-dealkylation sites (N-methyl/N-ethyl adjacent to an activating group) is 1. The number of carbonyl (C=O) groups excluding carboxylic acids is 2. The largest absolute Gasteiger partial charge is 0.397 e. The van der Waals surface area contributed by atoms with E-state index in [2.05, 4.69) is 29.4 Å². The third kappa shape index (κ3) is 3.90. The molecule has 0 atom stereocenters. The SMILES string of the molecule is CC(=O)c1ccc(NC(=O)c2sc3nc4c(c(-c5ccccc5)c3c2N)CN(C)CC4)cc1. The highest BCUT2D eigenvalue weighted by Gasteiger charge is 2.27. The van der Waals surface area contributed by atoms with Crippen molar-refractivity contribution >= 4 is 44.6 Å². The first-order valence-corrected chi connectivity index (χ1v) is 11.6. The standard InChI is InChI=1S/C26H24N4O2S/c1-15(31)16-8-10-18(11-9-16)28-25(32)24-23(27)22-21(17-6-4-3-5-7-17)19-14-30(2)13-12-20(19)29-26(22)33-24/h3-11H,12-14,27H2,1-2H3,(H,28,32). The molecule has 2 aromatic heterocycles. The Bertz CT molecular complexity index is 1380. The van der Waals surface area contributed by atoms with Crippen LogP contribution < -0.4 is 11.1 Å². The van der Waals surface area contributed by atoms with Gasteiger partial charge in [-0.1, -0.05) is 30.3 Å². The number of pyridine rings is 1. The van der Waals surface area contributed by atoms with Crippen molar-refractivity contribution in [3.63, 3.8) is 0 Å². The molecule has 7 heteroatoms. The van der Waals surface area contributed by atoms with E-state index >= 15 is 0 Å². The maximum Gasteiger partial charge on any atom is 0.267 e. The molecule has 3 N–H and O–H groups in total. The minimum absolute atomic E-state index is 0.0178. The van der Waals surface area contributed by atoms with Crippen molar-refractivity contribution in [2.75, 3.05) is 24.6 Å². The normalized spacial score (nSPS) is 13.6. The molecule has 0 unspecified atom stereocenters. The summed E-state index contributed by atoms with van der Waals surface area (Å²) in [5, 5.41) is 3.75. The van der Waals surface area contributed by atoms with Crippen molar-refractivity contribution in [1.29, 1.82) is 0 Å². The summed E-state index contributed by atoms with van der Waals surface area (Å²) in [6.45, 7) is 3.26. The maximum atomic E-state index is 13.2. The summed E-state index contributed by atoms with van der Waals surface area (Å²) in [6.07, 6.45) is 0.865. The van der Waals surface area contributed by atoms with Crippen LogP contribution in [0.2, 0.25) is 0 Å². The van der Waals surface area contributed by atoms with Crippen LogP contribution in [0.1, 0.15) is 38.2 Å². The summed E-state index contributed by atoms with van der Waals surface area (Å²) in [6, 6.07) is 17.0. The number of amides is 1. The molecule has 3 heterocycles. The number of aromatic nitrogens is 1. The second-order valence-corrected chi connectivity index (χ2v) is 9.38. The van der Waals surface area contributed by atoms with Gasteiger partial charge in [0.15, 0.2) is 5.78 Å². The van der Waals surface area contributed by atoms with Crippen LogP contribution in [0.15, 0.2) is 54.6 Å². The van der Waals surface area contributed by atoms with E-state index in [4.69, 9.17) is 10.7 Å². The van der Waals surface area contributed by atoms with E-state index in [1.807, 2.05) is 18.2 Å². The van der Waals surface area contributed by atoms with Crippen LogP contribution in [0.5, 0.6) is 0 Å². The minimum atomic E-state index is -0.278. The maximum absolute atomic E-state index is 13.2. The zero-order valence-corrected chi connectivity index (χ0v) is 19.3. The molecule has 5 rings (SSSR count). The number of thiophene rings is 1. The van der Waals surface area contributed by atoms with Gasteiger partial charge in [0.2, 0.25) is 0 Å². The Labute approximate surface area is 196 Å². The van der Waals surface area contributed by atoms with E-state index in [9.17, 15) is 9.59 Å². The summed E-state index contributed by atoms with van der Waals surface area (Å²) in [4.78, 5) is 33.1. The third-order valence-corrected chi connectivity index (χ3v) is 7.14. The molecule has 0 radical (unpaired) electrons. The lowest BCUT2D eigenvalue weighted by Crippen LogP contribution is -2.27. The Morgan fingerprint density at radius 3 is 2.52 bits per heavy atom. The molecule has 0 bridgehead atoms. The van der Waals surface area contributed by atoms with E-state index in [1.165, 1.54) is 23.8 Å². The predicted octanol–water partition coefficient (Wildman–Crippen LogP) is 4.99. The number of fused-ring (bicyclic) bond motifs is 2. The van der Waals surface area contributed by atoms with Gasteiger partial charge in [-0.15, -0.1) is 11.3 Å². The number of rotatable bonds is 4. The van der Waals surface area contributed by atoms with Crippen LogP contribution in [0, 0.1) is 0 Å². The van der Waals surface area contributed by atoms with Gasteiger partial charge >= 0.3 is 0 Å². The monoisotopic (exact) mass is 456 g/mol. The Morgan fingerprint density at radius 1 is 1.09 bits per heavy atom. The molecule has 1 aliphatic heterocycles.